The van der Waals surface area contributed by atoms with Crippen molar-refractivity contribution in [2.24, 2.45) is 5.92 Å². The van der Waals surface area contributed by atoms with Crippen molar-refractivity contribution in [1.29, 1.82) is 0 Å². The molecule has 0 aliphatic carbocycles. The lowest BCUT2D eigenvalue weighted by atomic mass is 10.2. The summed E-state index contributed by atoms with van der Waals surface area (Å²) < 4.78 is 10.6. The van der Waals surface area contributed by atoms with E-state index in [0.717, 1.165) is 17.4 Å². The summed E-state index contributed by atoms with van der Waals surface area (Å²) in [5.41, 5.74) is 0. The molecule has 1 saturated heterocycles. The Morgan fingerprint density at radius 1 is 1.71 bits per heavy atom. The van der Waals surface area contributed by atoms with Crippen LogP contribution in [0.25, 0.3) is 0 Å². The lowest BCUT2D eigenvalue weighted by Crippen LogP contribution is -1.92. The molecular weight excluding hydrogens is 108 g/mol. The maximum Gasteiger partial charge on any atom is 0.0260 e. The molecule has 0 spiro atoms. The first-order valence-electron chi connectivity index (χ1n) is 2.64. The van der Waals surface area contributed by atoms with E-state index in [1.807, 2.05) is 0 Å². The second kappa shape index (κ2) is 1.95. The predicted molar refractivity (Wildman–Crippen MR) is 31.7 cm³/mol. The van der Waals surface area contributed by atoms with Crippen LogP contribution in [-0.2, 0) is 10.8 Å². The second-order valence-electron chi connectivity index (χ2n) is 2.20. The molecule has 42 valence electrons. The summed E-state index contributed by atoms with van der Waals surface area (Å²) in [4.78, 5) is 0. The molecule has 2 heteroatoms. The summed E-state index contributed by atoms with van der Waals surface area (Å²) >= 11 is 0. The van der Waals surface area contributed by atoms with E-state index in [-0.39, 0.29) is 0 Å². The Morgan fingerprint density at radius 3 is 2.57 bits per heavy atom. The molecule has 2 atom stereocenters. The summed E-state index contributed by atoms with van der Waals surface area (Å²) in [6.45, 7) is 2.16. The highest BCUT2D eigenvalue weighted by Crippen LogP contribution is 2.12. The van der Waals surface area contributed by atoms with Crippen molar-refractivity contribution in [3.8, 4) is 0 Å². The van der Waals surface area contributed by atoms with Crippen molar-refractivity contribution in [2.45, 2.75) is 13.3 Å². The van der Waals surface area contributed by atoms with Gasteiger partial charge in [-0.25, -0.2) is 0 Å². The molecule has 7 heavy (non-hydrogen) atoms. The van der Waals surface area contributed by atoms with Gasteiger partial charge in [-0.15, -0.1) is 0 Å². The van der Waals surface area contributed by atoms with Crippen LogP contribution in [0.3, 0.4) is 0 Å². The van der Waals surface area contributed by atoms with E-state index in [1.54, 1.807) is 0 Å². The zero-order valence-corrected chi connectivity index (χ0v) is 5.33. The summed E-state index contributed by atoms with van der Waals surface area (Å²) in [6.07, 6.45) is 1.17. The second-order valence-corrected chi connectivity index (χ2v) is 3.83. The average Bonchev–Trinajstić information content (AvgIpc) is 1.87. The van der Waals surface area contributed by atoms with Gasteiger partial charge in [0.1, 0.15) is 0 Å². The van der Waals surface area contributed by atoms with Gasteiger partial charge in [-0.2, -0.15) is 0 Å². The van der Waals surface area contributed by atoms with Crippen LogP contribution in [0.2, 0.25) is 0 Å². The van der Waals surface area contributed by atoms with Gasteiger partial charge in [-0.1, -0.05) is 6.92 Å². The van der Waals surface area contributed by atoms with E-state index in [2.05, 4.69) is 6.92 Å². The number of hydrogen-bond donors (Lipinski definition) is 0. The average molecular weight is 118 g/mol. The van der Waals surface area contributed by atoms with Crippen LogP contribution in [0.5, 0.6) is 0 Å². The zero-order valence-electron chi connectivity index (χ0n) is 4.52. The molecule has 1 heterocycles. The van der Waals surface area contributed by atoms with Gasteiger partial charge in [-0.3, -0.25) is 4.21 Å². The van der Waals surface area contributed by atoms with Gasteiger partial charge in [0, 0.05) is 22.3 Å². The van der Waals surface area contributed by atoms with Crippen LogP contribution in [0.15, 0.2) is 0 Å². The van der Waals surface area contributed by atoms with E-state index in [4.69, 9.17) is 0 Å². The lowest BCUT2D eigenvalue weighted by molar-refractivity contribution is 0.664. The van der Waals surface area contributed by atoms with E-state index >= 15 is 0 Å². The molecule has 0 aromatic carbocycles. The third-order valence-electron chi connectivity index (χ3n) is 1.31. The van der Waals surface area contributed by atoms with Gasteiger partial charge in [0.25, 0.3) is 0 Å². The lowest BCUT2D eigenvalue weighted by Gasteiger charge is -1.89. The molecule has 2 unspecified atom stereocenters. The van der Waals surface area contributed by atoms with Crippen LogP contribution in [0.1, 0.15) is 13.3 Å². The highest BCUT2D eigenvalue weighted by Gasteiger charge is 2.15. The minimum atomic E-state index is -0.453. The monoisotopic (exact) mass is 118 g/mol. The first-order valence-corrected chi connectivity index (χ1v) is 4.13. The Bertz CT molecular complexity index is 90.1. The van der Waals surface area contributed by atoms with Crippen molar-refractivity contribution in [1.82, 2.24) is 0 Å². The van der Waals surface area contributed by atoms with Crippen LogP contribution >= 0.6 is 0 Å². The topological polar surface area (TPSA) is 17.1 Å². The molecule has 1 nitrogen and oxygen atoms in total. The Kier molecular flexibility index (Phi) is 1.47. The van der Waals surface area contributed by atoms with Crippen LogP contribution in [0.4, 0.5) is 0 Å². The van der Waals surface area contributed by atoms with Crippen LogP contribution < -0.4 is 0 Å². The summed E-state index contributed by atoms with van der Waals surface area (Å²) in [5.74, 6) is 2.61. The van der Waals surface area contributed by atoms with Gasteiger partial charge in [0.2, 0.25) is 0 Å². The van der Waals surface area contributed by atoms with Crippen LogP contribution in [-0.4, -0.2) is 15.7 Å². The minimum absolute atomic E-state index is 0.453. The third-order valence-corrected chi connectivity index (χ3v) is 2.94. The van der Waals surface area contributed by atoms with Crippen molar-refractivity contribution in [3.05, 3.63) is 0 Å². The van der Waals surface area contributed by atoms with E-state index in [0.29, 0.717) is 0 Å². The molecule has 0 N–H and O–H groups in total. The van der Waals surface area contributed by atoms with Gasteiger partial charge in [0.05, 0.1) is 0 Å². The molecule has 0 aromatic rings. The highest BCUT2D eigenvalue weighted by atomic mass is 32.2. The molecular formula is C5H10OS. The Morgan fingerprint density at radius 2 is 2.43 bits per heavy atom. The van der Waals surface area contributed by atoms with Crippen molar-refractivity contribution < 1.29 is 4.21 Å². The molecule has 0 radical (unpaired) electrons. The van der Waals surface area contributed by atoms with E-state index < -0.39 is 10.8 Å². The zero-order chi connectivity index (χ0) is 5.28. The predicted octanol–water partition coefficient (Wildman–Crippen LogP) is 0.775. The quantitative estimate of drug-likeness (QED) is 0.459. The molecule has 1 rings (SSSR count). The molecule has 0 amide bonds. The summed E-state index contributed by atoms with van der Waals surface area (Å²) in [5, 5.41) is 0. The normalized spacial score (nSPS) is 41.9. The van der Waals surface area contributed by atoms with Crippen molar-refractivity contribution in [3.63, 3.8) is 0 Å². The first-order chi connectivity index (χ1) is 3.29. The fourth-order valence-corrected chi connectivity index (χ4v) is 2.45. The van der Waals surface area contributed by atoms with Crippen LogP contribution in [0, 0.1) is 5.92 Å². The fraction of sp³-hybridized carbons (Fsp3) is 1.00. The Balaban J connectivity index is 2.40. The SMILES string of the molecule is CC1CCS(=O)C1. The van der Waals surface area contributed by atoms with Crippen molar-refractivity contribution in [2.75, 3.05) is 11.5 Å². The fourth-order valence-electron chi connectivity index (χ4n) is 0.817. The van der Waals surface area contributed by atoms with Crippen molar-refractivity contribution >= 4 is 10.8 Å². The number of hydrogen-bond acceptors (Lipinski definition) is 1. The molecule has 0 saturated carbocycles. The summed E-state index contributed by atoms with van der Waals surface area (Å²) in [7, 11) is -0.453. The van der Waals surface area contributed by atoms with E-state index in [1.165, 1.54) is 6.42 Å². The first kappa shape index (κ1) is 5.29. The number of rotatable bonds is 0. The smallest absolute Gasteiger partial charge is 0.0260 e. The molecule has 1 aliphatic rings. The van der Waals surface area contributed by atoms with Gasteiger partial charge in [-0.05, 0) is 12.3 Å². The standard InChI is InChI=1S/C5H10OS/c1-5-2-3-7(6)4-5/h5H,2-4H2,1H3. The summed E-state index contributed by atoms with van der Waals surface area (Å²) in [6, 6.07) is 0. The van der Waals surface area contributed by atoms with E-state index in [9.17, 15) is 4.21 Å². The maximum atomic E-state index is 10.6. The largest absolute Gasteiger partial charge is 0.260 e. The van der Waals surface area contributed by atoms with Gasteiger partial charge >= 0.3 is 0 Å². The molecule has 1 aliphatic heterocycles. The third kappa shape index (κ3) is 1.27. The minimum Gasteiger partial charge on any atom is -0.260 e. The maximum absolute atomic E-state index is 10.6. The van der Waals surface area contributed by atoms with Gasteiger partial charge in [0.15, 0.2) is 0 Å². The van der Waals surface area contributed by atoms with Gasteiger partial charge < -0.3 is 0 Å². The Labute approximate surface area is 46.6 Å². The Hall–Kier alpha value is 0.150. The molecule has 0 bridgehead atoms. The molecule has 1 fully saturated rings. The highest BCUT2D eigenvalue weighted by molar-refractivity contribution is 7.85. The molecule has 0 aromatic heterocycles.